The summed E-state index contributed by atoms with van der Waals surface area (Å²) in [6, 6.07) is 3.86. The second kappa shape index (κ2) is 2.90. The fraction of sp³-hybridized carbons (Fsp3) is 0.111. The van der Waals surface area contributed by atoms with E-state index in [1.807, 2.05) is 19.1 Å². The maximum Gasteiger partial charge on any atom is 0.211 e. The van der Waals surface area contributed by atoms with Crippen molar-refractivity contribution in [1.29, 1.82) is 0 Å². The van der Waals surface area contributed by atoms with E-state index in [9.17, 15) is 4.79 Å². The minimum atomic E-state index is 0.641. The minimum absolute atomic E-state index is 0.641. The Morgan fingerprint density at radius 1 is 1.54 bits per heavy atom. The van der Waals surface area contributed by atoms with Gasteiger partial charge >= 0.3 is 0 Å². The number of H-pyrrole nitrogens is 1. The summed E-state index contributed by atoms with van der Waals surface area (Å²) in [6.45, 7) is 1.97. The van der Waals surface area contributed by atoms with E-state index in [4.69, 9.17) is 0 Å². The van der Waals surface area contributed by atoms with E-state index in [1.54, 1.807) is 6.20 Å². The van der Waals surface area contributed by atoms with Gasteiger partial charge in [0.1, 0.15) is 5.65 Å². The second-order valence-corrected chi connectivity index (χ2v) is 2.88. The van der Waals surface area contributed by atoms with Crippen LogP contribution < -0.4 is 5.32 Å². The molecule has 0 aliphatic rings. The Balaban J connectivity index is 2.54. The molecule has 66 valence electrons. The fourth-order valence-electron chi connectivity index (χ4n) is 1.30. The van der Waals surface area contributed by atoms with Gasteiger partial charge in [-0.25, -0.2) is 4.98 Å². The van der Waals surface area contributed by atoms with Gasteiger partial charge in [-0.2, -0.15) is 0 Å². The molecule has 2 heterocycles. The molecule has 2 aromatic heterocycles. The van der Waals surface area contributed by atoms with Crippen LogP contribution in [0, 0.1) is 6.92 Å². The maximum atomic E-state index is 10.2. The van der Waals surface area contributed by atoms with Crippen molar-refractivity contribution in [2.45, 2.75) is 6.92 Å². The van der Waals surface area contributed by atoms with Crippen LogP contribution in [-0.4, -0.2) is 16.4 Å². The molecule has 0 fully saturated rings. The number of nitrogens with zero attached hydrogens (tertiary/aromatic N) is 1. The topological polar surface area (TPSA) is 57.8 Å². The molecular weight excluding hydrogens is 166 g/mol. The molecule has 0 saturated carbocycles. The summed E-state index contributed by atoms with van der Waals surface area (Å²) in [4.78, 5) is 17.4. The van der Waals surface area contributed by atoms with Crippen molar-refractivity contribution in [3.05, 3.63) is 24.0 Å². The fourth-order valence-corrected chi connectivity index (χ4v) is 1.30. The zero-order chi connectivity index (χ0) is 9.26. The number of aromatic amines is 1. The van der Waals surface area contributed by atoms with Gasteiger partial charge < -0.3 is 10.3 Å². The molecule has 0 atom stereocenters. The van der Waals surface area contributed by atoms with Crippen LogP contribution >= 0.6 is 0 Å². The van der Waals surface area contributed by atoms with Gasteiger partial charge in [-0.3, -0.25) is 4.79 Å². The number of aryl methyl sites for hydroxylation is 1. The molecule has 0 radical (unpaired) electrons. The van der Waals surface area contributed by atoms with Crippen LogP contribution in [0.1, 0.15) is 5.69 Å². The van der Waals surface area contributed by atoms with Crippen molar-refractivity contribution < 1.29 is 4.79 Å². The number of pyridine rings is 1. The van der Waals surface area contributed by atoms with E-state index in [0.29, 0.717) is 12.1 Å². The summed E-state index contributed by atoms with van der Waals surface area (Å²) in [7, 11) is 0. The van der Waals surface area contributed by atoms with E-state index >= 15 is 0 Å². The predicted octanol–water partition coefficient (Wildman–Crippen LogP) is 1.44. The third-order valence-corrected chi connectivity index (χ3v) is 1.83. The lowest BCUT2D eigenvalue weighted by Crippen LogP contribution is -1.93. The molecule has 0 aromatic carbocycles. The van der Waals surface area contributed by atoms with Crippen LogP contribution in [0.2, 0.25) is 0 Å². The number of rotatable bonds is 2. The molecule has 0 unspecified atom stereocenters. The maximum absolute atomic E-state index is 10.2. The zero-order valence-corrected chi connectivity index (χ0v) is 7.16. The van der Waals surface area contributed by atoms with Crippen molar-refractivity contribution in [1.82, 2.24) is 9.97 Å². The Labute approximate surface area is 75.0 Å². The van der Waals surface area contributed by atoms with Crippen LogP contribution in [0.3, 0.4) is 0 Å². The third-order valence-electron chi connectivity index (χ3n) is 1.83. The average molecular weight is 175 g/mol. The largest absolute Gasteiger partial charge is 0.344 e. The lowest BCUT2D eigenvalue weighted by Gasteiger charge is -1.96. The smallest absolute Gasteiger partial charge is 0.211 e. The molecule has 4 nitrogen and oxygen atoms in total. The number of fused-ring (bicyclic) bond motifs is 1. The lowest BCUT2D eigenvalue weighted by molar-refractivity contribution is -0.105. The van der Waals surface area contributed by atoms with E-state index in [2.05, 4.69) is 15.3 Å². The first-order valence-electron chi connectivity index (χ1n) is 3.95. The third kappa shape index (κ3) is 1.38. The number of hydrogen-bond donors (Lipinski definition) is 2. The van der Waals surface area contributed by atoms with E-state index in [1.165, 1.54) is 0 Å². The van der Waals surface area contributed by atoms with Gasteiger partial charge in [0, 0.05) is 11.1 Å². The quantitative estimate of drug-likeness (QED) is 0.678. The van der Waals surface area contributed by atoms with E-state index in [0.717, 1.165) is 16.7 Å². The summed E-state index contributed by atoms with van der Waals surface area (Å²) >= 11 is 0. The zero-order valence-electron chi connectivity index (χ0n) is 7.16. The summed E-state index contributed by atoms with van der Waals surface area (Å²) in [5.41, 5.74) is 2.61. The van der Waals surface area contributed by atoms with Crippen LogP contribution in [0.5, 0.6) is 0 Å². The predicted molar refractivity (Wildman–Crippen MR) is 50.5 cm³/mol. The van der Waals surface area contributed by atoms with Crippen molar-refractivity contribution in [3.63, 3.8) is 0 Å². The molecule has 0 spiro atoms. The monoisotopic (exact) mass is 175 g/mol. The molecule has 0 aliphatic carbocycles. The Morgan fingerprint density at radius 2 is 2.38 bits per heavy atom. The molecule has 0 bridgehead atoms. The highest BCUT2D eigenvalue weighted by Crippen LogP contribution is 2.16. The number of carbonyl (C=O) groups is 1. The number of amides is 1. The lowest BCUT2D eigenvalue weighted by atomic mass is 10.3. The van der Waals surface area contributed by atoms with Crippen molar-refractivity contribution >= 4 is 23.1 Å². The molecular formula is C9H9N3O. The van der Waals surface area contributed by atoms with Gasteiger partial charge in [0.05, 0.1) is 11.9 Å². The summed E-state index contributed by atoms with van der Waals surface area (Å²) in [5.74, 6) is 0. The number of aromatic nitrogens is 2. The van der Waals surface area contributed by atoms with Gasteiger partial charge in [0.25, 0.3) is 0 Å². The van der Waals surface area contributed by atoms with Crippen molar-refractivity contribution in [3.8, 4) is 0 Å². The average Bonchev–Trinajstić information content (AvgIpc) is 2.44. The summed E-state index contributed by atoms with van der Waals surface area (Å²) in [6.07, 6.45) is 2.26. The number of nitrogens with one attached hydrogen (secondary N) is 2. The summed E-state index contributed by atoms with van der Waals surface area (Å²) < 4.78 is 0. The van der Waals surface area contributed by atoms with E-state index in [-0.39, 0.29) is 0 Å². The normalized spacial score (nSPS) is 10.2. The molecule has 13 heavy (non-hydrogen) atoms. The van der Waals surface area contributed by atoms with Gasteiger partial charge in [-0.15, -0.1) is 0 Å². The van der Waals surface area contributed by atoms with Crippen molar-refractivity contribution in [2.24, 2.45) is 0 Å². The molecule has 4 heteroatoms. The van der Waals surface area contributed by atoms with Gasteiger partial charge in [-0.05, 0) is 19.1 Å². The van der Waals surface area contributed by atoms with Crippen molar-refractivity contribution in [2.75, 3.05) is 5.32 Å². The molecule has 2 aromatic rings. The summed E-state index contributed by atoms with van der Waals surface area (Å²) in [5, 5.41) is 3.56. The number of hydrogen-bond acceptors (Lipinski definition) is 2. The Morgan fingerprint density at radius 3 is 3.15 bits per heavy atom. The first kappa shape index (κ1) is 7.79. The first-order valence-corrected chi connectivity index (χ1v) is 3.95. The highest BCUT2D eigenvalue weighted by atomic mass is 16.1. The SMILES string of the molecule is Cc1cc2cc(NC=O)cnc2[nH]1. The van der Waals surface area contributed by atoms with Crippen LogP contribution in [0.25, 0.3) is 11.0 Å². The van der Waals surface area contributed by atoms with Crippen LogP contribution in [0.15, 0.2) is 18.3 Å². The molecule has 0 aliphatic heterocycles. The second-order valence-electron chi connectivity index (χ2n) is 2.88. The Hall–Kier alpha value is -1.84. The standard InChI is InChI=1S/C9H9N3O/c1-6-2-7-3-8(11-5-13)4-10-9(7)12-6/h2-5H,1H3,(H,10,12)(H,11,13). The number of anilines is 1. The highest BCUT2D eigenvalue weighted by Gasteiger charge is 1.99. The molecule has 2 rings (SSSR count). The van der Waals surface area contributed by atoms with Gasteiger partial charge in [-0.1, -0.05) is 0 Å². The highest BCUT2D eigenvalue weighted by molar-refractivity contribution is 5.83. The molecule has 2 N–H and O–H groups in total. The van der Waals surface area contributed by atoms with Crippen LogP contribution in [0.4, 0.5) is 5.69 Å². The van der Waals surface area contributed by atoms with E-state index < -0.39 is 0 Å². The molecule has 1 amide bonds. The Bertz CT molecular complexity index is 447. The minimum Gasteiger partial charge on any atom is -0.344 e. The molecule has 0 saturated heterocycles. The first-order chi connectivity index (χ1) is 6.29. The van der Waals surface area contributed by atoms with Gasteiger partial charge in [0.15, 0.2) is 0 Å². The van der Waals surface area contributed by atoms with Gasteiger partial charge in [0.2, 0.25) is 6.41 Å². The van der Waals surface area contributed by atoms with Crippen LogP contribution in [-0.2, 0) is 4.79 Å². The number of carbonyl (C=O) groups excluding carboxylic acids is 1. The Kier molecular flexibility index (Phi) is 1.73.